The van der Waals surface area contributed by atoms with Crippen LogP contribution in [0.2, 0.25) is 0 Å². The summed E-state index contributed by atoms with van der Waals surface area (Å²) in [6.45, 7) is 2.22. The summed E-state index contributed by atoms with van der Waals surface area (Å²) in [5.74, 6) is 0.154. The molecule has 1 aliphatic rings. The zero-order valence-electron chi connectivity index (χ0n) is 9.14. The third kappa shape index (κ3) is 2.23. The number of ketones is 1. The lowest BCUT2D eigenvalue weighted by Crippen LogP contribution is -2.40. The van der Waals surface area contributed by atoms with Crippen LogP contribution in [0, 0.1) is 0 Å². The van der Waals surface area contributed by atoms with Crippen molar-refractivity contribution in [3.8, 4) is 5.75 Å². The Morgan fingerprint density at radius 3 is 2.62 bits per heavy atom. The van der Waals surface area contributed by atoms with Gasteiger partial charge in [-0.3, -0.25) is 4.79 Å². The average Bonchev–Trinajstić information content (AvgIpc) is 3.00. The summed E-state index contributed by atoms with van der Waals surface area (Å²) < 4.78 is 5.07. The standard InChI is InChI=1S/C12H15NO3/c1-12(7-16-12)11(15)10(13)6-8-2-4-9(14)5-3-8/h2-5,10,14H,6-7,13H2,1H3/t10-,12+/m0/s1. The van der Waals surface area contributed by atoms with E-state index in [1.165, 1.54) is 0 Å². The topological polar surface area (TPSA) is 75.9 Å². The van der Waals surface area contributed by atoms with Gasteiger partial charge in [-0.25, -0.2) is 0 Å². The number of benzene rings is 1. The Kier molecular flexibility index (Phi) is 2.69. The van der Waals surface area contributed by atoms with Gasteiger partial charge in [0.15, 0.2) is 5.78 Å². The Labute approximate surface area is 94.0 Å². The predicted octanol–water partition coefficient (Wildman–Crippen LogP) is 0.620. The van der Waals surface area contributed by atoms with Gasteiger partial charge in [-0.05, 0) is 31.0 Å². The van der Waals surface area contributed by atoms with Gasteiger partial charge in [-0.15, -0.1) is 0 Å². The molecule has 1 aromatic carbocycles. The van der Waals surface area contributed by atoms with Crippen molar-refractivity contribution >= 4 is 5.78 Å². The Morgan fingerprint density at radius 1 is 1.56 bits per heavy atom. The van der Waals surface area contributed by atoms with E-state index in [9.17, 15) is 4.79 Å². The van der Waals surface area contributed by atoms with Crippen LogP contribution in [0.3, 0.4) is 0 Å². The van der Waals surface area contributed by atoms with Crippen LogP contribution in [0.25, 0.3) is 0 Å². The number of phenolic OH excluding ortho intramolecular Hbond substituents is 1. The molecule has 0 spiro atoms. The first-order valence-electron chi connectivity index (χ1n) is 5.23. The molecule has 0 unspecified atom stereocenters. The van der Waals surface area contributed by atoms with Gasteiger partial charge in [0.2, 0.25) is 0 Å². The molecular weight excluding hydrogens is 206 g/mol. The van der Waals surface area contributed by atoms with Crippen LogP contribution in [-0.2, 0) is 16.0 Å². The fourth-order valence-corrected chi connectivity index (χ4v) is 1.62. The normalized spacial score (nSPS) is 25.1. The predicted molar refractivity (Wildman–Crippen MR) is 59.2 cm³/mol. The van der Waals surface area contributed by atoms with Crippen LogP contribution in [0.1, 0.15) is 12.5 Å². The fraction of sp³-hybridized carbons (Fsp3) is 0.417. The molecule has 2 atom stereocenters. The van der Waals surface area contributed by atoms with Crippen molar-refractivity contribution < 1.29 is 14.6 Å². The molecule has 0 aromatic heterocycles. The Hall–Kier alpha value is -1.39. The molecule has 0 bridgehead atoms. The summed E-state index contributed by atoms with van der Waals surface area (Å²) in [6, 6.07) is 6.15. The van der Waals surface area contributed by atoms with E-state index >= 15 is 0 Å². The minimum absolute atomic E-state index is 0.0550. The molecule has 1 aromatic rings. The number of ether oxygens (including phenoxy) is 1. The van der Waals surface area contributed by atoms with Crippen molar-refractivity contribution in [3.63, 3.8) is 0 Å². The van der Waals surface area contributed by atoms with E-state index in [1.54, 1.807) is 31.2 Å². The molecule has 0 aliphatic carbocycles. The van der Waals surface area contributed by atoms with E-state index in [1.807, 2.05) is 0 Å². The first-order valence-corrected chi connectivity index (χ1v) is 5.23. The molecule has 4 heteroatoms. The summed E-state index contributed by atoms with van der Waals surface area (Å²) in [5.41, 5.74) is 6.10. The van der Waals surface area contributed by atoms with Crippen LogP contribution in [0.15, 0.2) is 24.3 Å². The zero-order valence-corrected chi connectivity index (χ0v) is 9.14. The van der Waals surface area contributed by atoms with E-state index in [-0.39, 0.29) is 11.5 Å². The third-order valence-electron chi connectivity index (χ3n) is 2.83. The molecule has 2 rings (SSSR count). The first-order chi connectivity index (χ1) is 7.51. The lowest BCUT2D eigenvalue weighted by Gasteiger charge is -2.13. The van der Waals surface area contributed by atoms with Gasteiger partial charge in [-0.2, -0.15) is 0 Å². The summed E-state index contributed by atoms with van der Waals surface area (Å²) in [7, 11) is 0. The minimum atomic E-state index is -0.656. The molecule has 0 saturated carbocycles. The number of phenols is 1. The van der Waals surface area contributed by atoms with Gasteiger partial charge in [0.25, 0.3) is 0 Å². The number of nitrogens with two attached hydrogens (primary N) is 1. The van der Waals surface area contributed by atoms with Crippen LogP contribution in [0.5, 0.6) is 5.75 Å². The van der Waals surface area contributed by atoms with Crippen molar-refractivity contribution in [1.82, 2.24) is 0 Å². The maximum atomic E-state index is 11.8. The summed E-state index contributed by atoms with van der Waals surface area (Å²) >= 11 is 0. The SMILES string of the molecule is C[C@]1(C(=O)[C@@H](N)Cc2ccc(O)cc2)CO1. The quantitative estimate of drug-likeness (QED) is 0.731. The highest BCUT2D eigenvalue weighted by Crippen LogP contribution is 2.28. The van der Waals surface area contributed by atoms with Gasteiger partial charge in [0.05, 0.1) is 12.6 Å². The molecule has 16 heavy (non-hydrogen) atoms. The van der Waals surface area contributed by atoms with Gasteiger partial charge in [0, 0.05) is 0 Å². The maximum absolute atomic E-state index is 11.8. The van der Waals surface area contributed by atoms with Crippen LogP contribution < -0.4 is 5.73 Å². The molecule has 1 saturated heterocycles. The smallest absolute Gasteiger partial charge is 0.183 e. The van der Waals surface area contributed by atoms with Crippen molar-refractivity contribution in [3.05, 3.63) is 29.8 Å². The Morgan fingerprint density at radius 2 is 2.12 bits per heavy atom. The van der Waals surface area contributed by atoms with Crippen molar-refractivity contribution in [2.75, 3.05) is 6.61 Å². The lowest BCUT2D eigenvalue weighted by atomic mass is 9.96. The number of Topliss-reactive ketones (excluding diaryl/α,β-unsaturated/α-hetero) is 1. The molecule has 1 fully saturated rings. The Bertz CT molecular complexity index is 395. The number of epoxide rings is 1. The molecule has 0 radical (unpaired) electrons. The molecule has 86 valence electrons. The highest BCUT2D eigenvalue weighted by Gasteiger charge is 2.48. The minimum Gasteiger partial charge on any atom is -0.508 e. The van der Waals surface area contributed by atoms with Crippen LogP contribution >= 0.6 is 0 Å². The monoisotopic (exact) mass is 221 g/mol. The molecule has 1 heterocycles. The van der Waals surface area contributed by atoms with E-state index in [0.29, 0.717) is 13.0 Å². The van der Waals surface area contributed by atoms with Crippen molar-refractivity contribution in [2.24, 2.45) is 5.73 Å². The zero-order chi connectivity index (χ0) is 11.8. The van der Waals surface area contributed by atoms with Gasteiger partial charge in [0.1, 0.15) is 11.4 Å². The molecule has 4 nitrogen and oxygen atoms in total. The molecular formula is C12H15NO3. The number of carbonyl (C=O) groups excluding carboxylic acids is 1. The van der Waals surface area contributed by atoms with Gasteiger partial charge < -0.3 is 15.6 Å². The number of aromatic hydroxyl groups is 1. The maximum Gasteiger partial charge on any atom is 0.183 e. The molecule has 1 aliphatic heterocycles. The average molecular weight is 221 g/mol. The summed E-state index contributed by atoms with van der Waals surface area (Å²) in [4.78, 5) is 11.8. The van der Waals surface area contributed by atoms with Crippen molar-refractivity contribution in [1.29, 1.82) is 0 Å². The van der Waals surface area contributed by atoms with Crippen molar-refractivity contribution in [2.45, 2.75) is 25.0 Å². The molecule has 3 N–H and O–H groups in total. The van der Waals surface area contributed by atoms with E-state index in [0.717, 1.165) is 5.56 Å². The highest BCUT2D eigenvalue weighted by atomic mass is 16.6. The summed E-state index contributed by atoms with van der Waals surface area (Å²) in [6.07, 6.45) is 0.470. The number of rotatable bonds is 4. The number of hydrogen-bond donors (Lipinski definition) is 2. The highest BCUT2D eigenvalue weighted by molar-refractivity contribution is 5.93. The van der Waals surface area contributed by atoms with Crippen LogP contribution in [-0.4, -0.2) is 29.1 Å². The third-order valence-corrected chi connectivity index (χ3v) is 2.83. The first kappa shape index (κ1) is 11.1. The van der Waals surface area contributed by atoms with Gasteiger partial charge in [-0.1, -0.05) is 12.1 Å². The number of hydrogen-bond acceptors (Lipinski definition) is 4. The fourth-order valence-electron chi connectivity index (χ4n) is 1.62. The lowest BCUT2D eigenvalue weighted by molar-refractivity contribution is -0.124. The largest absolute Gasteiger partial charge is 0.508 e. The van der Waals surface area contributed by atoms with Crippen LogP contribution in [0.4, 0.5) is 0 Å². The van der Waals surface area contributed by atoms with E-state index in [4.69, 9.17) is 15.6 Å². The Balaban J connectivity index is 1.99. The van der Waals surface area contributed by atoms with E-state index in [2.05, 4.69) is 0 Å². The van der Waals surface area contributed by atoms with Gasteiger partial charge >= 0.3 is 0 Å². The second-order valence-electron chi connectivity index (χ2n) is 4.36. The number of carbonyl (C=O) groups is 1. The van der Waals surface area contributed by atoms with E-state index < -0.39 is 11.6 Å². The molecule has 0 amide bonds. The second kappa shape index (κ2) is 3.88. The summed E-state index contributed by atoms with van der Waals surface area (Å²) in [5, 5.41) is 9.12. The second-order valence-corrected chi connectivity index (χ2v) is 4.36.